The highest BCUT2D eigenvalue weighted by Crippen LogP contribution is 2.23. The van der Waals surface area contributed by atoms with E-state index >= 15 is 0 Å². The minimum Gasteiger partial charge on any atom is -0.307 e. The van der Waals surface area contributed by atoms with Gasteiger partial charge in [0, 0.05) is 16.6 Å². The van der Waals surface area contributed by atoms with Crippen LogP contribution in [0.1, 0.15) is 29.0 Å². The number of hydrogen-bond acceptors (Lipinski definition) is 4. The van der Waals surface area contributed by atoms with Crippen LogP contribution in [0, 0.1) is 13.8 Å². The molecule has 0 spiro atoms. The summed E-state index contributed by atoms with van der Waals surface area (Å²) in [7, 11) is 1.87. The van der Waals surface area contributed by atoms with Crippen LogP contribution in [0.15, 0.2) is 35.7 Å². The van der Waals surface area contributed by atoms with E-state index in [0.717, 1.165) is 11.1 Å². The zero-order chi connectivity index (χ0) is 17.7. The van der Waals surface area contributed by atoms with Crippen molar-refractivity contribution >= 4 is 29.0 Å². The molecular weight excluding hydrogens is 322 g/mol. The van der Waals surface area contributed by atoms with E-state index in [1.54, 1.807) is 11.3 Å². The van der Waals surface area contributed by atoms with E-state index in [1.807, 2.05) is 68.4 Å². The molecule has 0 saturated heterocycles. The summed E-state index contributed by atoms with van der Waals surface area (Å²) in [6.07, 6.45) is 0. The fraction of sp³-hybridized carbons (Fsp3) is 0.333. The highest BCUT2D eigenvalue weighted by atomic mass is 32.1. The van der Waals surface area contributed by atoms with Gasteiger partial charge >= 0.3 is 6.03 Å². The second kappa shape index (κ2) is 8.08. The summed E-state index contributed by atoms with van der Waals surface area (Å²) < 4.78 is 0. The predicted molar refractivity (Wildman–Crippen MR) is 98.4 cm³/mol. The summed E-state index contributed by atoms with van der Waals surface area (Å²) in [5.41, 5.74) is 2.78. The van der Waals surface area contributed by atoms with Crippen molar-refractivity contribution in [2.45, 2.75) is 26.8 Å². The predicted octanol–water partition coefficient (Wildman–Crippen LogP) is 3.71. The standard InChI is InChI=1S/C18H23N3O2S/c1-12-7-5-8-15(13(12)2)19-18(23)20-17(22)11-21(4)14(3)16-9-6-10-24-16/h5-10,14H,11H2,1-4H3,(H2,19,20,22,23). The molecule has 2 N–H and O–H groups in total. The number of urea groups is 1. The first-order chi connectivity index (χ1) is 11.4. The van der Waals surface area contributed by atoms with Gasteiger partial charge in [-0.3, -0.25) is 15.0 Å². The third-order valence-electron chi connectivity index (χ3n) is 4.11. The second-order valence-electron chi connectivity index (χ2n) is 5.86. The van der Waals surface area contributed by atoms with Gasteiger partial charge in [-0.25, -0.2) is 4.79 Å². The van der Waals surface area contributed by atoms with Crippen molar-refractivity contribution in [1.29, 1.82) is 0 Å². The van der Waals surface area contributed by atoms with Gasteiger partial charge in [-0.2, -0.15) is 0 Å². The van der Waals surface area contributed by atoms with Crippen LogP contribution in [0.2, 0.25) is 0 Å². The average molecular weight is 345 g/mol. The third kappa shape index (κ3) is 4.66. The Hall–Kier alpha value is -2.18. The van der Waals surface area contributed by atoms with Crippen molar-refractivity contribution in [2.24, 2.45) is 0 Å². The number of rotatable bonds is 5. The summed E-state index contributed by atoms with van der Waals surface area (Å²) in [4.78, 5) is 27.2. The third-order valence-corrected chi connectivity index (χ3v) is 5.16. The molecule has 24 heavy (non-hydrogen) atoms. The summed E-state index contributed by atoms with van der Waals surface area (Å²) in [6, 6.07) is 9.31. The van der Waals surface area contributed by atoms with Gasteiger partial charge in [-0.1, -0.05) is 18.2 Å². The van der Waals surface area contributed by atoms with Crippen LogP contribution in [-0.2, 0) is 4.79 Å². The lowest BCUT2D eigenvalue weighted by Gasteiger charge is -2.23. The molecule has 6 heteroatoms. The van der Waals surface area contributed by atoms with Crippen LogP contribution in [0.25, 0.3) is 0 Å². The molecule has 0 aliphatic rings. The molecule has 0 aliphatic carbocycles. The van der Waals surface area contributed by atoms with E-state index in [2.05, 4.69) is 10.6 Å². The molecule has 1 aromatic carbocycles. The monoisotopic (exact) mass is 345 g/mol. The van der Waals surface area contributed by atoms with Crippen LogP contribution < -0.4 is 10.6 Å². The molecule has 3 amide bonds. The molecule has 0 fully saturated rings. The molecular formula is C18H23N3O2S. The Morgan fingerprint density at radius 2 is 1.96 bits per heavy atom. The molecule has 1 unspecified atom stereocenters. The second-order valence-corrected chi connectivity index (χ2v) is 6.84. The largest absolute Gasteiger partial charge is 0.325 e. The lowest BCUT2D eigenvalue weighted by molar-refractivity contribution is -0.121. The van der Waals surface area contributed by atoms with Crippen LogP contribution in [0.4, 0.5) is 10.5 Å². The molecule has 1 heterocycles. The van der Waals surface area contributed by atoms with Crippen molar-refractivity contribution in [2.75, 3.05) is 18.9 Å². The normalized spacial score (nSPS) is 12.0. The Morgan fingerprint density at radius 1 is 1.21 bits per heavy atom. The zero-order valence-corrected chi connectivity index (χ0v) is 15.2. The fourth-order valence-electron chi connectivity index (χ4n) is 2.32. The van der Waals surface area contributed by atoms with E-state index in [-0.39, 0.29) is 18.5 Å². The number of imide groups is 1. The number of carbonyl (C=O) groups is 2. The first-order valence-electron chi connectivity index (χ1n) is 7.79. The summed E-state index contributed by atoms with van der Waals surface area (Å²) in [5, 5.41) is 7.11. The van der Waals surface area contributed by atoms with Crippen molar-refractivity contribution in [1.82, 2.24) is 10.2 Å². The van der Waals surface area contributed by atoms with Gasteiger partial charge in [0.2, 0.25) is 5.91 Å². The molecule has 0 bridgehead atoms. The molecule has 0 radical (unpaired) electrons. The number of amides is 3. The highest BCUT2D eigenvalue weighted by molar-refractivity contribution is 7.10. The average Bonchev–Trinajstić information content (AvgIpc) is 3.05. The number of carbonyl (C=O) groups excluding carboxylic acids is 2. The van der Waals surface area contributed by atoms with Crippen LogP contribution >= 0.6 is 11.3 Å². The lowest BCUT2D eigenvalue weighted by atomic mass is 10.1. The zero-order valence-electron chi connectivity index (χ0n) is 14.4. The minimum atomic E-state index is -0.508. The highest BCUT2D eigenvalue weighted by Gasteiger charge is 2.17. The van der Waals surface area contributed by atoms with E-state index in [4.69, 9.17) is 0 Å². The van der Waals surface area contributed by atoms with Gasteiger partial charge < -0.3 is 5.32 Å². The lowest BCUT2D eigenvalue weighted by Crippen LogP contribution is -2.41. The van der Waals surface area contributed by atoms with E-state index in [1.165, 1.54) is 4.88 Å². The maximum atomic E-state index is 12.1. The maximum Gasteiger partial charge on any atom is 0.325 e. The van der Waals surface area contributed by atoms with Crippen LogP contribution in [0.3, 0.4) is 0 Å². The number of benzene rings is 1. The Bertz CT molecular complexity index is 713. The Balaban J connectivity index is 1.87. The summed E-state index contributed by atoms with van der Waals surface area (Å²) >= 11 is 1.65. The number of aryl methyl sites for hydroxylation is 1. The smallest absolute Gasteiger partial charge is 0.307 e. The quantitative estimate of drug-likeness (QED) is 0.868. The number of hydrogen-bond donors (Lipinski definition) is 2. The Kier molecular flexibility index (Phi) is 6.11. The van der Waals surface area contributed by atoms with Gasteiger partial charge in [0.1, 0.15) is 0 Å². The summed E-state index contributed by atoms with van der Waals surface area (Å²) in [6.45, 7) is 6.10. The van der Waals surface area contributed by atoms with Crippen LogP contribution in [0.5, 0.6) is 0 Å². The van der Waals surface area contributed by atoms with Crippen molar-refractivity contribution in [3.05, 3.63) is 51.7 Å². The molecule has 0 saturated carbocycles. The van der Waals surface area contributed by atoms with Gasteiger partial charge in [-0.15, -0.1) is 11.3 Å². The van der Waals surface area contributed by atoms with Gasteiger partial charge in [-0.05, 0) is 56.5 Å². The van der Waals surface area contributed by atoms with Crippen molar-refractivity contribution < 1.29 is 9.59 Å². The maximum absolute atomic E-state index is 12.1. The fourth-order valence-corrected chi connectivity index (χ4v) is 3.16. The Labute approximate surface area is 146 Å². The topological polar surface area (TPSA) is 61.4 Å². The number of anilines is 1. The SMILES string of the molecule is Cc1cccc(NC(=O)NC(=O)CN(C)C(C)c2cccs2)c1C. The van der Waals surface area contributed by atoms with Gasteiger partial charge in [0.15, 0.2) is 0 Å². The van der Waals surface area contributed by atoms with E-state index in [0.29, 0.717) is 5.69 Å². The molecule has 2 rings (SSSR count). The van der Waals surface area contributed by atoms with Crippen molar-refractivity contribution in [3.63, 3.8) is 0 Å². The molecule has 1 atom stereocenters. The van der Waals surface area contributed by atoms with E-state index in [9.17, 15) is 9.59 Å². The first-order valence-corrected chi connectivity index (χ1v) is 8.67. The molecule has 5 nitrogen and oxygen atoms in total. The molecule has 0 aliphatic heterocycles. The first kappa shape index (κ1) is 18.2. The molecule has 1 aromatic heterocycles. The molecule has 128 valence electrons. The number of nitrogens with one attached hydrogen (secondary N) is 2. The number of thiophene rings is 1. The number of likely N-dealkylation sites (N-methyl/N-ethyl adjacent to an activating group) is 1. The van der Waals surface area contributed by atoms with Crippen molar-refractivity contribution in [3.8, 4) is 0 Å². The summed E-state index contributed by atoms with van der Waals surface area (Å²) in [5.74, 6) is -0.330. The van der Waals surface area contributed by atoms with E-state index < -0.39 is 6.03 Å². The minimum absolute atomic E-state index is 0.123. The molecule has 2 aromatic rings. The van der Waals surface area contributed by atoms with Crippen LogP contribution in [-0.4, -0.2) is 30.4 Å². The number of nitrogens with zero attached hydrogens (tertiary/aromatic N) is 1. The van der Waals surface area contributed by atoms with Gasteiger partial charge in [0.05, 0.1) is 6.54 Å². The Morgan fingerprint density at radius 3 is 2.62 bits per heavy atom. The van der Waals surface area contributed by atoms with Gasteiger partial charge in [0.25, 0.3) is 0 Å².